The Morgan fingerprint density at radius 3 is 2.67 bits per heavy atom. The fourth-order valence-electron chi connectivity index (χ4n) is 5.04. The van der Waals surface area contributed by atoms with Crippen LogP contribution in [0.4, 0.5) is 11.6 Å². The van der Waals surface area contributed by atoms with Gasteiger partial charge in [0.2, 0.25) is 0 Å². The highest BCUT2D eigenvalue weighted by atomic mass is 32.2. The zero-order chi connectivity index (χ0) is 27.4. The largest absolute Gasteiger partial charge is 0.478 e. The van der Waals surface area contributed by atoms with E-state index in [2.05, 4.69) is 20.3 Å². The molecule has 3 heterocycles. The minimum absolute atomic E-state index is 0.103. The molecule has 3 N–H and O–H groups in total. The molecule has 4 aromatic rings. The first-order valence-corrected chi connectivity index (χ1v) is 15.3. The molecule has 1 aromatic carbocycles. The molecule has 2 aliphatic carbocycles. The van der Waals surface area contributed by atoms with Gasteiger partial charge in [-0.2, -0.15) is 0 Å². The number of anilines is 2. The van der Waals surface area contributed by atoms with Crippen molar-refractivity contribution in [1.29, 1.82) is 0 Å². The Bertz CT molecular complexity index is 1710. The van der Waals surface area contributed by atoms with Crippen LogP contribution in [0, 0.1) is 0 Å². The highest BCUT2D eigenvalue weighted by molar-refractivity contribution is 7.90. The van der Waals surface area contributed by atoms with E-state index in [-0.39, 0.29) is 10.5 Å². The Balaban J connectivity index is 1.37. The predicted octanol–water partition coefficient (Wildman–Crippen LogP) is 4.90. The van der Waals surface area contributed by atoms with Crippen LogP contribution in [0.5, 0.6) is 0 Å². The number of nitrogens with one attached hydrogen (secondary N) is 1. The molecule has 11 heteroatoms. The number of hydrogen-bond acceptors (Lipinski definition) is 9. The van der Waals surface area contributed by atoms with Crippen LogP contribution < -0.4 is 5.32 Å². The Labute approximate surface area is 229 Å². The summed E-state index contributed by atoms with van der Waals surface area (Å²) in [6, 6.07) is 11.7. The van der Waals surface area contributed by atoms with Crippen molar-refractivity contribution >= 4 is 38.8 Å². The number of carbonyl (C=O) groups is 1. The topological polar surface area (TPSA) is 142 Å². The van der Waals surface area contributed by atoms with Gasteiger partial charge in [-0.05, 0) is 91.1 Å². The van der Waals surface area contributed by atoms with E-state index < -0.39 is 21.4 Å². The molecular formula is C28H26N4O5S2. The van der Waals surface area contributed by atoms with Gasteiger partial charge in [-0.15, -0.1) is 11.3 Å². The molecule has 0 aliphatic heterocycles. The molecule has 0 amide bonds. The third kappa shape index (κ3) is 5.05. The van der Waals surface area contributed by atoms with Crippen LogP contribution >= 0.6 is 11.3 Å². The summed E-state index contributed by atoms with van der Waals surface area (Å²) in [7, 11) is -3.55. The molecule has 39 heavy (non-hydrogen) atoms. The summed E-state index contributed by atoms with van der Waals surface area (Å²) in [5.74, 6) is 0.453. The van der Waals surface area contributed by atoms with Crippen molar-refractivity contribution in [1.82, 2.24) is 15.0 Å². The smallest absolute Gasteiger partial charge is 0.335 e. The number of benzene rings is 1. The average Bonchev–Trinajstić information content (AvgIpc) is 3.63. The number of pyridine rings is 2. The van der Waals surface area contributed by atoms with E-state index >= 15 is 0 Å². The predicted molar refractivity (Wildman–Crippen MR) is 147 cm³/mol. The Kier molecular flexibility index (Phi) is 6.24. The summed E-state index contributed by atoms with van der Waals surface area (Å²) in [5.41, 5.74) is 1.82. The van der Waals surface area contributed by atoms with Crippen LogP contribution in [-0.4, -0.2) is 45.8 Å². The zero-order valence-electron chi connectivity index (χ0n) is 21.1. The Morgan fingerprint density at radius 1 is 1.10 bits per heavy atom. The molecule has 1 saturated carbocycles. The van der Waals surface area contributed by atoms with E-state index in [0.29, 0.717) is 58.0 Å². The zero-order valence-corrected chi connectivity index (χ0v) is 22.7. The SMILES string of the molecule is CS(=O)(=O)c1cc(Nc2cc(C3CC3)ccn2)nc(-c2cnc([C@]3(O)CCCc4cc(C(=O)O)ccc43)s2)c1. The highest BCUT2D eigenvalue weighted by Crippen LogP contribution is 2.44. The van der Waals surface area contributed by atoms with Crippen molar-refractivity contribution < 1.29 is 23.4 Å². The lowest BCUT2D eigenvalue weighted by atomic mass is 9.79. The molecule has 9 nitrogen and oxygen atoms in total. The number of aromatic nitrogens is 3. The van der Waals surface area contributed by atoms with E-state index in [1.54, 1.807) is 24.5 Å². The van der Waals surface area contributed by atoms with Crippen molar-refractivity contribution in [2.75, 3.05) is 11.6 Å². The van der Waals surface area contributed by atoms with E-state index in [1.807, 2.05) is 12.1 Å². The van der Waals surface area contributed by atoms with Crippen LogP contribution in [0.15, 0.2) is 59.8 Å². The van der Waals surface area contributed by atoms with Gasteiger partial charge in [-0.3, -0.25) is 0 Å². The minimum atomic E-state index is -3.55. The third-order valence-electron chi connectivity index (χ3n) is 7.21. The van der Waals surface area contributed by atoms with Crippen LogP contribution in [0.2, 0.25) is 0 Å². The summed E-state index contributed by atoms with van der Waals surface area (Å²) in [6.45, 7) is 0. The van der Waals surface area contributed by atoms with Gasteiger partial charge >= 0.3 is 5.97 Å². The average molecular weight is 563 g/mol. The number of rotatable bonds is 7. The van der Waals surface area contributed by atoms with Crippen LogP contribution in [0.25, 0.3) is 10.6 Å². The number of aliphatic hydroxyl groups is 1. The van der Waals surface area contributed by atoms with Gasteiger partial charge in [0.05, 0.1) is 21.0 Å². The number of nitrogens with zero attached hydrogens (tertiary/aromatic N) is 3. The molecule has 0 spiro atoms. The second-order valence-corrected chi connectivity index (χ2v) is 13.2. The second-order valence-electron chi connectivity index (χ2n) is 10.1. The molecule has 3 aromatic heterocycles. The standard InChI is InChI=1S/C28H26N4O5S2/c1-39(36,37)20-13-22(31-25(14-20)32-24-12-17(8-10-29-24)16-4-5-16)23-15-30-27(38-23)28(35)9-2-3-18-11-19(26(33)34)6-7-21(18)28/h6-8,10-16,35H,2-5,9H2,1H3,(H,33,34)(H,29,31,32)/t28-/m0/s1. The van der Waals surface area contributed by atoms with Crippen LogP contribution in [0.1, 0.15) is 63.7 Å². The van der Waals surface area contributed by atoms with Crippen molar-refractivity contribution in [3.8, 4) is 10.6 Å². The highest BCUT2D eigenvalue weighted by Gasteiger charge is 2.39. The number of carboxylic acids is 1. The van der Waals surface area contributed by atoms with E-state index in [0.717, 1.165) is 24.7 Å². The molecule has 1 fully saturated rings. The first-order valence-electron chi connectivity index (χ1n) is 12.6. The Morgan fingerprint density at radius 2 is 1.92 bits per heavy atom. The van der Waals surface area contributed by atoms with E-state index in [9.17, 15) is 23.4 Å². The molecular weight excluding hydrogens is 536 g/mol. The normalized spacial score (nSPS) is 18.9. The maximum absolute atomic E-state index is 12.5. The number of hydrogen-bond donors (Lipinski definition) is 3. The summed E-state index contributed by atoms with van der Waals surface area (Å²) in [5, 5.41) is 24.7. The van der Waals surface area contributed by atoms with Crippen molar-refractivity contribution in [2.45, 2.75) is 48.5 Å². The Hall–Kier alpha value is -3.67. The van der Waals surface area contributed by atoms with Crippen LogP contribution in [-0.2, 0) is 21.9 Å². The lowest BCUT2D eigenvalue weighted by molar-refractivity contribution is 0.0607. The molecule has 2 aliphatic rings. The summed E-state index contributed by atoms with van der Waals surface area (Å²) < 4.78 is 25.0. The van der Waals surface area contributed by atoms with Gasteiger partial charge in [-0.1, -0.05) is 6.07 Å². The molecule has 0 saturated heterocycles. The van der Waals surface area contributed by atoms with Crippen molar-refractivity contribution in [2.24, 2.45) is 0 Å². The third-order valence-corrected chi connectivity index (χ3v) is 9.47. The minimum Gasteiger partial charge on any atom is -0.478 e. The first kappa shape index (κ1) is 25.6. The number of fused-ring (bicyclic) bond motifs is 1. The van der Waals surface area contributed by atoms with Crippen molar-refractivity contribution in [3.05, 3.63) is 82.1 Å². The first-order chi connectivity index (χ1) is 18.6. The van der Waals surface area contributed by atoms with Gasteiger partial charge in [0.1, 0.15) is 22.2 Å². The number of carboxylic acid groups (broad SMARTS) is 1. The monoisotopic (exact) mass is 562 g/mol. The fourth-order valence-corrected chi connectivity index (χ4v) is 6.70. The molecule has 200 valence electrons. The molecule has 1 atom stereocenters. The van der Waals surface area contributed by atoms with Gasteiger partial charge in [-0.25, -0.2) is 28.2 Å². The number of thiazole rings is 1. The number of aromatic carboxylic acids is 1. The second kappa shape index (κ2) is 9.51. The lowest BCUT2D eigenvalue weighted by Crippen LogP contribution is -2.32. The van der Waals surface area contributed by atoms with Crippen molar-refractivity contribution in [3.63, 3.8) is 0 Å². The number of sulfone groups is 1. The van der Waals surface area contributed by atoms with E-state index in [1.165, 1.54) is 35.1 Å². The summed E-state index contributed by atoms with van der Waals surface area (Å²) >= 11 is 1.24. The molecule has 0 radical (unpaired) electrons. The van der Waals surface area contributed by atoms with Crippen LogP contribution in [0.3, 0.4) is 0 Å². The molecule has 6 rings (SSSR count). The molecule has 0 bridgehead atoms. The lowest BCUT2D eigenvalue weighted by Gasteiger charge is -2.33. The van der Waals surface area contributed by atoms with Gasteiger partial charge < -0.3 is 15.5 Å². The summed E-state index contributed by atoms with van der Waals surface area (Å²) in [6.07, 6.45) is 8.54. The van der Waals surface area contributed by atoms with E-state index in [4.69, 9.17) is 0 Å². The maximum atomic E-state index is 12.5. The number of aryl methyl sites for hydroxylation is 1. The quantitative estimate of drug-likeness (QED) is 0.287. The molecule has 0 unspecified atom stereocenters. The van der Waals surface area contributed by atoms with Gasteiger partial charge in [0.25, 0.3) is 0 Å². The summed E-state index contributed by atoms with van der Waals surface area (Å²) in [4.78, 5) is 25.7. The fraction of sp³-hybridized carbons (Fsp3) is 0.286. The van der Waals surface area contributed by atoms with Gasteiger partial charge in [0, 0.05) is 18.6 Å². The van der Waals surface area contributed by atoms with Gasteiger partial charge in [0.15, 0.2) is 9.84 Å². The maximum Gasteiger partial charge on any atom is 0.335 e.